The van der Waals surface area contributed by atoms with E-state index in [2.05, 4.69) is 5.32 Å². The number of amides is 2. The molecule has 4 rings (SSSR count). The molecule has 37 heavy (non-hydrogen) atoms. The van der Waals surface area contributed by atoms with E-state index < -0.39 is 6.04 Å². The quantitative estimate of drug-likeness (QED) is 0.278. The van der Waals surface area contributed by atoms with Crippen LogP contribution in [0, 0.1) is 5.82 Å². The third kappa shape index (κ3) is 8.08. The van der Waals surface area contributed by atoms with Gasteiger partial charge in [0.25, 0.3) is 0 Å². The number of benzene rings is 3. The normalized spacial score (nSPS) is 14.3. The van der Waals surface area contributed by atoms with Gasteiger partial charge in [0.2, 0.25) is 11.8 Å². The molecule has 1 atom stereocenters. The molecule has 4 nitrogen and oxygen atoms in total. The van der Waals surface area contributed by atoms with Crippen LogP contribution in [-0.4, -0.2) is 34.6 Å². The average molecular weight is 539 g/mol. The lowest BCUT2D eigenvalue weighted by Crippen LogP contribution is -2.52. The van der Waals surface area contributed by atoms with Crippen LogP contribution >= 0.6 is 23.4 Å². The second-order valence-corrected chi connectivity index (χ2v) is 11.0. The number of carbonyl (C=O) groups excluding carboxylic acids is 2. The van der Waals surface area contributed by atoms with Crippen molar-refractivity contribution in [2.24, 2.45) is 0 Å². The Bertz CT molecular complexity index is 1170. The number of hydrogen-bond donors (Lipinski definition) is 1. The Morgan fingerprint density at radius 1 is 0.973 bits per heavy atom. The highest BCUT2D eigenvalue weighted by atomic mass is 35.5. The Kier molecular flexibility index (Phi) is 10.0. The van der Waals surface area contributed by atoms with Crippen molar-refractivity contribution in [2.75, 3.05) is 5.75 Å². The van der Waals surface area contributed by atoms with Gasteiger partial charge in [-0.2, -0.15) is 0 Å². The standard InChI is InChI=1S/C30H32ClFN2O2S/c31-24-14-16-26(17-15-24)37-19-18-29(35)34(21-23-10-4-7-13-27(23)32)28(20-22-8-2-1-3-9-22)30(36)33-25-11-5-6-12-25/h1-4,7-10,13-17,25,28H,5-6,11-12,18-21H2,(H,33,36). The lowest BCUT2D eigenvalue weighted by atomic mass is 10.0. The first-order valence-electron chi connectivity index (χ1n) is 12.7. The first kappa shape index (κ1) is 27.2. The van der Waals surface area contributed by atoms with Crippen LogP contribution in [0.15, 0.2) is 83.8 Å². The number of halogens is 2. The van der Waals surface area contributed by atoms with Crippen molar-refractivity contribution < 1.29 is 14.0 Å². The Hall–Kier alpha value is -2.83. The Labute approximate surface area is 227 Å². The van der Waals surface area contributed by atoms with Crippen LogP contribution in [0.1, 0.15) is 43.2 Å². The number of hydrogen-bond acceptors (Lipinski definition) is 3. The van der Waals surface area contributed by atoms with Crippen LogP contribution in [0.5, 0.6) is 0 Å². The first-order chi connectivity index (χ1) is 18.0. The van der Waals surface area contributed by atoms with Gasteiger partial charge in [0, 0.05) is 46.7 Å². The maximum atomic E-state index is 14.7. The van der Waals surface area contributed by atoms with Gasteiger partial charge < -0.3 is 10.2 Å². The van der Waals surface area contributed by atoms with E-state index in [1.165, 1.54) is 6.07 Å². The summed E-state index contributed by atoms with van der Waals surface area (Å²) in [7, 11) is 0. The molecule has 0 aliphatic heterocycles. The Balaban J connectivity index is 1.56. The number of rotatable bonds is 11. The van der Waals surface area contributed by atoms with E-state index in [0.717, 1.165) is 36.1 Å². The van der Waals surface area contributed by atoms with E-state index in [0.29, 0.717) is 22.8 Å². The van der Waals surface area contributed by atoms with Crippen LogP contribution in [0.3, 0.4) is 0 Å². The summed E-state index contributed by atoms with van der Waals surface area (Å²) >= 11 is 7.53. The van der Waals surface area contributed by atoms with Gasteiger partial charge in [-0.15, -0.1) is 11.8 Å². The summed E-state index contributed by atoms with van der Waals surface area (Å²) in [5, 5.41) is 3.84. The van der Waals surface area contributed by atoms with Gasteiger partial charge in [-0.1, -0.05) is 73.0 Å². The largest absolute Gasteiger partial charge is 0.352 e. The molecule has 0 radical (unpaired) electrons. The van der Waals surface area contributed by atoms with Gasteiger partial charge in [-0.3, -0.25) is 9.59 Å². The van der Waals surface area contributed by atoms with E-state index in [1.807, 2.05) is 54.6 Å². The highest BCUT2D eigenvalue weighted by Gasteiger charge is 2.32. The Morgan fingerprint density at radius 3 is 2.35 bits per heavy atom. The van der Waals surface area contributed by atoms with Crippen molar-refractivity contribution in [1.82, 2.24) is 10.2 Å². The lowest BCUT2D eigenvalue weighted by molar-refractivity contribution is -0.141. The molecule has 1 N–H and O–H groups in total. The summed E-state index contributed by atoms with van der Waals surface area (Å²) in [6.45, 7) is 0.0344. The summed E-state index contributed by atoms with van der Waals surface area (Å²) in [6, 6.07) is 23.0. The number of thioether (sulfide) groups is 1. The topological polar surface area (TPSA) is 49.4 Å². The third-order valence-corrected chi connectivity index (χ3v) is 7.94. The van der Waals surface area contributed by atoms with Crippen molar-refractivity contribution in [3.8, 4) is 0 Å². The molecule has 0 heterocycles. The summed E-state index contributed by atoms with van der Waals surface area (Å²) in [6.07, 6.45) is 4.67. The summed E-state index contributed by atoms with van der Waals surface area (Å²) < 4.78 is 14.7. The predicted molar refractivity (Wildman–Crippen MR) is 148 cm³/mol. The van der Waals surface area contributed by atoms with Crippen LogP contribution < -0.4 is 5.32 Å². The second-order valence-electron chi connectivity index (χ2n) is 9.36. The monoisotopic (exact) mass is 538 g/mol. The van der Waals surface area contributed by atoms with Gasteiger partial charge >= 0.3 is 0 Å². The molecule has 3 aromatic rings. The molecule has 0 aromatic heterocycles. The van der Waals surface area contributed by atoms with E-state index >= 15 is 0 Å². The number of nitrogens with one attached hydrogen (secondary N) is 1. The second kappa shape index (κ2) is 13.6. The van der Waals surface area contributed by atoms with Gasteiger partial charge in [0.1, 0.15) is 11.9 Å². The molecule has 0 spiro atoms. The molecule has 1 aliphatic rings. The molecule has 3 aromatic carbocycles. The SMILES string of the molecule is O=C(NC1CCCC1)C(Cc1ccccc1)N(Cc1ccccc1F)C(=O)CCSc1ccc(Cl)cc1. The molecular weight excluding hydrogens is 507 g/mol. The van der Waals surface area contributed by atoms with Crippen molar-refractivity contribution in [1.29, 1.82) is 0 Å². The first-order valence-corrected chi connectivity index (χ1v) is 14.1. The van der Waals surface area contributed by atoms with Gasteiger partial charge in [0.15, 0.2) is 0 Å². The molecule has 1 aliphatic carbocycles. The molecule has 1 unspecified atom stereocenters. The maximum Gasteiger partial charge on any atom is 0.243 e. The molecule has 1 saturated carbocycles. The molecule has 0 bridgehead atoms. The fourth-order valence-electron chi connectivity index (χ4n) is 4.66. The van der Waals surface area contributed by atoms with Gasteiger partial charge in [-0.25, -0.2) is 4.39 Å². The Morgan fingerprint density at radius 2 is 1.65 bits per heavy atom. The average Bonchev–Trinajstić information content (AvgIpc) is 3.42. The van der Waals surface area contributed by atoms with E-state index in [9.17, 15) is 14.0 Å². The van der Waals surface area contributed by atoms with Crippen LogP contribution in [0.25, 0.3) is 0 Å². The van der Waals surface area contributed by atoms with Crippen molar-refractivity contribution in [3.05, 3.63) is 101 Å². The minimum absolute atomic E-state index is 0.0344. The summed E-state index contributed by atoms with van der Waals surface area (Å²) in [4.78, 5) is 29.9. The third-order valence-electron chi connectivity index (χ3n) is 6.67. The van der Waals surface area contributed by atoms with E-state index in [-0.39, 0.29) is 36.6 Å². The summed E-state index contributed by atoms with van der Waals surface area (Å²) in [5.74, 6) is -0.195. The molecular formula is C30H32ClFN2O2S. The van der Waals surface area contributed by atoms with E-state index in [1.54, 1.807) is 34.9 Å². The fourth-order valence-corrected chi connectivity index (χ4v) is 5.63. The molecule has 194 valence electrons. The van der Waals surface area contributed by atoms with Crippen LogP contribution in [0.4, 0.5) is 4.39 Å². The lowest BCUT2D eigenvalue weighted by Gasteiger charge is -2.32. The molecule has 7 heteroatoms. The predicted octanol–water partition coefficient (Wildman–Crippen LogP) is 6.66. The molecule has 2 amide bonds. The van der Waals surface area contributed by atoms with Crippen LogP contribution in [-0.2, 0) is 22.6 Å². The smallest absolute Gasteiger partial charge is 0.243 e. The van der Waals surface area contributed by atoms with Gasteiger partial charge in [0.05, 0.1) is 0 Å². The number of nitrogens with zero attached hydrogens (tertiary/aromatic N) is 1. The van der Waals surface area contributed by atoms with Crippen molar-refractivity contribution >= 4 is 35.2 Å². The summed E-state index contributed by atoms with van der Waals surface area (Å²) in [5.41, 5.74) is 1.35. The zero-order valence-electron chi connectivity index (χ0n) is 20.7. The van der Waals surface area contributed by atoms with Crippen LogP contribution in [0.2, 0.25) is 5.02 Å². The highest BCUT2D eigenvalue weighted by Crippen LogP contribution is 2.24. The zero-order chi connectivity index (χ0) is 26.0. The fraction of sp³-hybridized carbons (Fsp3) is 0.333. The maximum absolute atomic E-state index is 14.7. The minimum Gasteiger partial charge on any atom is -0.352 e. The molecule has 1 fully saturated rings. The molecule has 0 saturated heterocycles. The zero-order valence-corrected chi connectivity index (χ0v) is 22.3. The highest BCUT2D eigenvalue weighted by molar-refractivity contribution is 7.99. The van der Waals surface area contributed by atoms with Gasteiger partial charge in [-0.05, 0) is 48.7 Å². The van der Waals surface area contributed by atoms with E-state index in [4.69, 9.17) is 11.6 Å². The van der Waals surface area contributed by atoms with Crippen molar-refractivity contribution in [3.63, 3.8) is 0 Å². The van der Waals surface area contributed by atoms with Crippen molar-refractivity contribution in [2.45, 2.75) is 62.0 Å². The minimum atomic E-state index is -0.740. The number of carbonyl (C=O) groups is 2.